The van der Waals surface area contributed by atoms with E-state index in [1.165, 1.54) is 12.1 Å². The van der Waals surface area contributed by atoms with E-state index in [0.717, 1.165) is 37.6 Å². The Kier molecular flexibility index (Phi) is 6.22. The van der Waals surface area contributed by atoms with Crippen molar-refractivity contribution in [1.29, 1.82) is 0 Å². The molecule has 0 radical (unpaired) electrons. The van der Waals surface area contributed by atoms with Crippen LogP contribution in [0, 0.1) is 5.82 Å². The minimum absolute atomic E-state index is 0.309. The molecule has 0 aliphatic rings. The predicted octanol–water partition coefficient (Wildman–Crippen LogP) is 3.16. The Hall–Kier alpha value is -1.68. The molecule has 1 aromatic rings. The molecule has 0 bridgehead atoms. The Morgan fingerprint density at radius 1 is 1.47 bits per heavy atom. The van der Waals surface area contributed by atoms with E-state index in [0.29, 0.717) is 5.56 Å². The molecule has 0 aromatic heterocycles. The minimum atomic E-state index is -1.08. The summed E-state index contributed by atoms with van der Waals surface area (Å²) in [6.45, 7) is 3.86. The molecular formula is C15H20FNO2. The van der Waals surface area contributed by atoms with E-state index < -0.39 is 11.8 Å². The van der Waals surface area contributed by atoms with Crippen molar-refractivity contribution in [2.45, 2.75) is 26.3 Å². The second kappa shape index (κ2) is 7.69. The second-order valence-electron chi connectivity index (χ2n) is 4.62. The Morgan fingerprint density at radius 3 is 2.84 bits per heavy atom. The van der Waals surface area contributed by atoms with Gasteiger partial charge >= 0.3 is 5.97 Å². The van der Waals surface area contributed by atoms with E-state index in [-0.39, 0.29) is 0 Å². The van der Waals surface area contributed by atoms with Crippen LogP contribution in [0.25, 0.3) is 6.08 Å². The van der Waals surface area contributed by atoms with Gasteiger partial charge in [-0.25, -0.2) is 9.18 Å². The topological polar surface area (TPSA) is 40.5 Å². The maximum atomic E-state index is 13.5. The van der Waals surface area contributed by atoms with E-state index in [9.17, 15) is 9.18 Å². The van der Waals surface area contributed by atoms with Gasteiger partial charge in [-0.05, 0) is 43.8 Å². The third kappa shape index (κ3) is 5.66. The monoisotopic (exact) mass is 265 g/mol. The average molecular weight is 265 g/mol. The van der Waals surface area contributed by atoms with Gasteiger partial charge in [0.05, 0.1) is 0 Å². The van der Waals surface area contributed by atoms with Crippen LogP contribution in [0.3, 0.4) is 0 Å². The summed E-state index contributed by atoms with van der Waals surface area (Å²) < 4.78 is 13.5. The van der Waals surface area contributed by atoms with E-state index in [4.69, 9.17) is 5.11 Å². The number of aliphatic carboxylic acids is 1. The number of benzene rings is 1. The van der Waals surface area contributed by atoms with Crippen molar-refractivity contribution in [3.8, 4) is 0 Å². The SMILES string of the molecule is CCCCN(C)Cc1ccc(F)c(C=CC(=O)O)c1. The van der Waals surface area contributed by atoms with Gasteiger partial charge in [0.15, 0.2) is 0 Å². The van der Waals surface area contributed by atoms with Crippen LogP contribution in [0.2, 0.25) is 0 Å². The van der Waals surface area contributed by atoms with E-state index >= 15 is 0 Å². The molecule has 0 aliphatic carbocycles. The zero-order valence-corrected chi connectivity index (χ0v) is 11.4. The molecule has 1 aromatic carbocycles. The highest BCUT2D eigenvalue weighted by Crippen LogP contribution is 2.14. The van der Waals surface area contributed by atoms with Crippen LogP contribution < -0.4 is 0 Å². The number of carboxylic acid groups (broad SMARTS) is 1. The molecule has 3 nitrogen and oxygen atoms in total. The summed E-state index contributed by atoms with van der Waals surface area (Å²) in [7, 11) is 2.02. The summed E-state index contributed by atoms with van der Waals surface area (Å²) in [4.78, 5) is 12.6. The highest BCUT2D eigenvalue weighted by Gasteiger charge is 2.04. The molecule has 0 spiro atoms. The van der Waals surface area contributed by atoms with Gasteiger partial charge in [0, 0.05) is 18.2 Å². The van der Waals surface area contributed by atoms with Crippen LogP contribution in [-0.2, 0) is 11.3 Å². The van der Waals surface area contributed by atoms with Crippen LogP contribution in [0.4, 0.5) is 4.39 Å². The van der Waals surface area contributed by atoms with Gasteiger partial charge in [0.1, 0.15) is 5.82 Å². The maximum absolute atomic E-state index is 13.5. The van der Waals surface area contributed by atoms with Crippen molar-refractivity contribution in [3.05, 3.63) is 41.2 Å². The van der Waals surface area contributed by atoms with Gasteiger partial charge in [-0.3, -0.25) is 0 Å². The van der Waals surface area contributed by atoms with E-state index in [1.807, 2.05) is 7.05 Å². The first-order valence-corrected chi connectivity index (χ1v) is 6.41. The van der Waals surface area contributed by atoms with E-state index in [2.05, 4.69) is 11.8 Å². The molecule has 104 valence electrons. The van der Waals surface area contributed by atoms with Gasteiger partial charge in [0.25, 0.3) is 0 Å². The molecule has 1 rings (SSSR count). The average Bonchev–Trinajstić information content (AvgIpc) is 2.37. The van der Waals surface area contributed by atoms with Crippen molar-refractivity contribution in [2.75, 3.05) is 13.6 Å². The second-order valence-corrected chi connectivity index (χ2v) is 4.62. The molecule has 0 atom stereocenters. The standard InChI is InChI=1S/C15H20FNO2/c1-3-4-9-17(2)11-12-5-7-14(16)13(10-12)6-8-15(18)19/h5-8,10H,3-4,9,11H2,1-2H3,(H,18,19). The van der Waals surface area contributed by atoms with Crippen LogP contribution in [0.5, 0.6) is 0 Å². The molecule has 1 N–H and O–H groups in total. The third-order valence-electron chi connectivity index (χ3n) is 2.81. The lowest BCUT2D eigenvalue weighted by molar-refractivity contribution is -0.131. The molecule has 0 aliphatic heterocycles. The molecule has 0 heterocycles. The molecule has 0 saturated heterocycles. The molecule has 19 heavy (non-hydrogen) atoms. The summed E-state index contributed by atoms with van der Waals surface area (Å²) in [5.41, 5.74) is 1.29. The summed E-state index contributed by atoms with van der Waals surface area (Å²) >= 11 is 0. The van der Waals surface area contributed by atoms with Crippen molar-refractivity contribution < 1.29 is 14.3 Å². The Labute approximate surface area is 113 Å². The first-order valence-electron chi connectivity index (χ1n) is 6.41. The lowest BCUT2D eigenvalue weighted by Gasteiger charge is -2.16. The summed E-state index contributed by atoms with van der Waals surface area (Å²) in [5.74, 6) is -1.48. The lowest BCUT2D eigenvalue weighted by Crippen LogP contribution is -2.18. The van der Waals surface area contributed by atoms with Crippen molar-refractivity contribution in [1.82, 2.24) is 4.90 Å². The number of hydrogen-bond donors (Lipinski definition) is 1. The fourth-order valence-electron chi connectivity index (χ4n) is 1.80. The fourth-order valence-corrected chi connectivity index (χ4v) is 1.80. The zero-order valence-electron chi connectivity index (χ0n) is 11.4. The molecular weight excluding hydrogens is 245 g/mol. The van der Waals surface area contributed by atoms with Crippen LogP contribution in [0.15, 0.2) is 24.3 Å². The number of halogens is 1. The van der Waals surface area contributed by atoms with E-state index in [1.54, 1.807) is 12.1 Å². The molecule has 4 heteroatoms. The van der Waals surface area contributed by atoms with Crippen LogP contribution in [0.1, 0.15) is 30.9 Å². The predicted molar refractivity (Wildman–Crippen MR) is 74.3 cm³/mol. The molecule has 0 fully saturated rings. The quantitative estimate of drug-likeness (QED) is 0.770. The number of unbranched alkanes of at least 4 members (excludes halogenated alkanes) is 1. The Balaban J connectivity index is 2.75. The van der Waals surface area contributed by atoms with Gasteiger partial charge in [-0.2, -0.15) is 0 Å². The number of hydrogen-bond acceptors (Lipinski definition) is 2. The molecule has 0 saturated carbocycles. The fraction of sp³-hybridized carbons (Fsp3) is 0.400. The van der Waals surface area contributed by atoms with Gasteiger partial charge < -0.3 is 10.0 Å². The highest BCUT2D eigenvalue weighted by atomic mass is 19.1. The van der Waals surface area contributed by atoms with Crippen molar-refractivity contribution in [3.63, 3.8) is 0 Å². The van der Waals surface area contributed by atoms with Crippen molar-refractivity contribution in [2.24, 2.45) is 0 Å². The zero-order chi connectivity index (χ0) is 14.3. The summed E-state index contributed by atoms with van der Waals surface area (Å²) in [6.07, 6.45) is 4.50. The normalized spacial score (nSPS) is 11.4. The first kappa shape index (κ1) is 15.4. The Bertz CT molecular complexity index is 457. The highest BCUT2D eigenvalue weighted by molar-refractivity contribution is 5.85. The number of carbonyl (C=O) groups is 1. The largest absolute Gasteiger partial charge is 0.478 e. The van der Waals surface area contributed by atoms with Gasteiger partial charge in [0.2, 0.25) is 0 Å². The van der Waals surface area contributed by atoms with Gasteiger partial charge in [-0.15, -0.1) is 0 Å². The number of rotatable bonds is 7. The summed E-state index contributed by atoms with van der Waals surface area (Å²) in [6, 6.07) is 4.80. The number of carboxylic acids is 1. The molecule has 0 amide bonds. The minimum Gasteiger partial charge on any atom is -0.478 e. The smallest absolute Gasteiger partial charge is 0.328 e. The first-order chi connectivity index (χ1) is 9.02. The molecule has 0 unspecified atom stereocenters. The lowest BCUT2D eigenvalue weighted by atomic mass is 10.1. The maximum Gasteiger partial charge on any atom is 0.328 e. The third-order valence-corrected chi connectivity index (χ3v) is 2.81. The van der Waals surface area contributed by atoms with Gasteiger partial charge in [-0.1, -0.05) is 19.4 Å². The number of nitrogens with zero attached hydrogens (tertiary/aromatic N) is 1. The van der Waals surface area contributed by atoms with Crippen LogP contribution >= 0.6 is 0 Å². The van der Waals surface area contributed by atoms with Crippen LogP contribution in [-0.4, -0.2) is 29.6 Å². The van der Waals surface area contributed by atoms with Crippen molar-refractivity contribution >= 4 is 12.0 Å². The summed E-state index contributed by atoms with van der Waals surface area (Å²) in [5, 5.41) is 8.56. The Morgan fingerprint density at radius 2 is 2.21 bits per heavy atom.